The minimum atomic E-state index is -0.958. The van der Waals surface area contributed by atoms with Crippen molar-refractivity contribution in [3.05, 3.63) is 35.4 Å². The van der Waals surface area contributed by atoms with Gasteiger partial charge in [-0.05, 0) is 59.9 Å². The zero-order valence-corrected chi connectivity index (χ0v) is 22.9. The summed E-state index contributed by atoms with van der Waals surface area (Å²) in [6, 6.07) is 5.80. The third-order valence-electron chi connectivity index (χ3n) is 5.66. The Morgan fingerprint density at radius 1 is 1.06 bits per heavy atom. The summed E-state index contributed by atoms with van der Waals surface area (Å²) < 4.78 is 5.35. The Labute approximate surface area is 210 Å². The highest BCUT2D eigenvalue weighted by Crippen LogP contribution is 2.32. The van der Waals surface area contributed by atoms with Gasteiger partial charge in [0.2, 0.25) is 11.8 Å². The molecule has 0 radical (unpaired) electrons. The van der Waals surface area contributed by atoms with Gasteiger partial charge < -0.3 is 20.3 Å². The summed E-state index contributed by atoms with van der Waals surface area (Å²) in [4.78, 5) is 41.5. The van der Waals surface area contributed by atoms with Crippen molar-refractivity contribution in [2.45, 2.75) is 97.9 Å². The van der Waals surface area contributed by atoms with E-state index in [1.54, 1.807) is 25.7 Å². The summed E-state index contributed by atoms with van der Waals surface area (Å²) in [6.07, 6.45) is 1.69. The van der Waals surface area contributed by atoms with Crippen molar-refractivity contribution in [2.24, 2.45) is 0 Å². The minimum absolute atomic E-state index is 0.0619. The van der Waals surface area contributed by atoms with Crippen LogP contribution in [0.1, 0.15) is 84.9 Å². The van der Waals surface area contributed by atoms with Gasteiger partial charge in [-0.25, -0.2) is 4.79 Å². The van der Waals surface area contributed by atoms with E-state index in [-0.39, 0.29) is 17.6 Å². The van der Waals surface area contributed by atoms with E-state index in [4.69, 9.17) is 4.74 Å². The minimum Gasteiger partial charge on any atom is -0.444 e. The number of nitrogens with one attached hydrogen (secondary N) is 2. The van der Waals surface area contributed by atoms with E-state index in [0.29, 0.717) is 18.5 Å². The third kappa shape index (κ3) is 8.85. The Morgan fingerprint density at radius 3 is 2.12 bits per heavy atom. The third-order valence-corrected chi connectivity index (χ3v) is 6.02. The predicted molar refractivity (Wildman–Crippen MR) is 140 cm³/mol. The Bertz CT molecular complexity index is 818. The molecule has 0 aliphatic carbocycles. The van der Waals surface area contributed by atoms with Gasteiger partial charge in [-0.15, -0.1) is 0 Å². The standard InChI is InChI=1S/C26H43N3O4S/c1-9-11-16-27-22(30)21(19-14-12-18(3)13-15-19)29(26(7,8)10-2)23(31)20(17-34)28-24(32)33-25(4,5)6/h12-15,20-21,34H,9-11,16-17H2,1-8H3,(H,27,30)(H,28,32). The lowest BCUT2D eigenvalue weighted by Gasteiger charge is -2.44. The average molecular weight is 494 g/mol. The molecule has 0 saturated heterocycles. The SMILES string of the molecule is CCCCNC(=O)C(c1ccc(C)cc1)N(C(=O)C(CS)NC(=O)OC(C)(C)C)C(C)(C)CC. The van der Waals surface area contributed by atoms with Gasteiger partial charge in [0.1, 0.15) is 17.7 Å². The van der Waals surface area contributed by atoms with Crippen molar-refractivity contribution < 1.29 is 19.1 Å². The maximum absolute atomic E-state index is 13.9. The molecule has 3 amide bonds. The molecule has 34 heavy (non-hydrogen) atoms. The maximum atomic E-state index is 13.9. The van der Waals surface area contributed by atoms with Gasteiger partial charge >= 0.3 is 6.09 Å². The van der Waals surface area contributed by atoms with Crippen LogP contribution in [0.5, 0.6) is 0 Å². The highest BCUT2D eigenvalue weighted by Gasteiger charge is 2.42. The number of nitrogens with zero attached hydrogens (tertiary/aromatic N) is 1. The number of rotatable bonds is 11. The molecule has 0 aliphatic rings. The highest BCUT2D eigenvalue weighted by molar-refractivity contribution is 7.80. The number of hydrogen-bond donors (Lipinski definition) is 3. The monoisotopic (exact) mass is 493 g/mol. The first-order valence-corrected chi connectivity index (χ1v) is 12.7. The zero-order chi connectivity index (χ0) is 26.1. The molecule has 0 fully saturated rings. The van der Waals surface area contributed by atoms with E-state index in [1.165, 1.54) is 0 Å². The Hall–Kier alpha value is -2.22. The van der Waals surface area contributed by atoms with Crippen molar-refractivity contribution in [3.8, 4) is 0 Å². The summed E-state index contributed by atoms with van der Waals surface area (Å²) in [6.45, 7) is 15.6. The number of benzene rings is 1. The topological polar surface area (TPSA) is 87.7 Å². The second-order valence-electron chi connectivity index (χ2n) is 10.2. The molecule has 8 heteroatoms. The zero-order valence-electron chi connectivity index (χ0n) is 22.0. The number of carbonyl (C=O) groups is 3. The van der Waals surface area contributed by atoms with E-state index >= 15 is 0 Å². The molecule has 1 rings (SSSR count). The van der Waals surface area contributed by atoms with Crippen LogP contribution in [0.15, 0.2) is 24.3 Å². The predicted octanol–water partition coefficient (Wildman–Crippen LogP) is 4.79. The molecule has 0 heterocycles. The Balaban J connectivity index is 3.46. The molecular weight excluding hydrogens is 450 g/mol. The van der Waals surface area contributed by atoms with Crippen LogP contribution in [0.25, 0.3) is 0 Å². The quantitative estimate of drug-likeness (QED) is 0.305. The first kappa shape index (κ1) is 29.8. The lowest BCUT2D eigenvalue weighted by atomic mass is 9.92. The van der Waals surface area contributed by atoms with E-state index < -0.39 is 29.3 Å². The molecule has 192 valence electrons. The molecule has 1 aromatic rings. The molecule has 1 aromatic carbocycles. The number of hydrogen-bond acceptors (Lipinski definition) is 5. The van der Waals surface area contributed by atoms with Crippen LogP contribution in [0.2, 0.25) is 0 Å². The molecule has 2 N–H and O–H groups in total. The lowest BCUT2D eigenvalue weighted by Crippen LogP contribution is -2.60. The van der Waals surface area contributed by atoms with E-state index in [9.17, 15) is 14.4 Å². The van der Waals surface area contributed by atoms with Gasteiger partial charge in [0.25, 0.3) is 0 Å². The summed E-state index contributed by atoms with van der Waals surface area (Å²) in [7, 11) is 0. The van der Waals surface area contributed by atoms with Gasteiger partial charge in [0.15, 0.2) is 0 Å². The molecule has 2 atom stereocenters. The van der Waals surface area contributed by atoms with Crippen molar-refractivity contribution in [1.29, 1.82) is 0 Å². The fourth-order valence-electron chi connectivity index (χ4n) is 3.40. The van der Waals surface area contributed by atoms with Crippen LogP contribution in [-0.2, 0) is 14.3 Å². The first-order chi connectivity index (χ1) is 15.8. The van der Waals surface area contributed by atoms with Crippen LogP contribution < -0.4 is 10.6 Å². The van der Waals surface area contributed by atoms with Gasteiger partial charge in [-0.2, -0.15) is 12.6 Å². The van der Waals surface area contributed by atoms with Crippen LogP contribution >= 0.6 is 12.6 Å². The van der Waals surface area contributed by atoms with Crippen molar-refractivity contribution in [1.82, 2.24) is 15.5 Å². The number of thiol groups is 1. The smallest absolute Gasteiger partial charge is 0.408 e. The largest absolute Gasteiger partial charge is 0.444 e. The van der Waals surface area contributed by atoms with Gasteiger partial charge in [-0.1, -0.05) is 50.1 Å². The first-order valence-electron chi connectivity index (χ1n) is 12.0. The average Bonchev–Trinajstić information content (AvgIpc) is 2.74. The molecule has 7 nitrogen and oxygen atoms in total. The fraction of sp³-hybridized carbons (Fsp3) is 0.654. The second-order valence-corrected chi connectivity index (χ2v) is 10.6. The number of aryl methyl sites for hydroxylation is 1. The van der Waals surface area contributed by atoms with Crippen molar-refractivity contribution in [3.63, 3.8) is 0 Å². The summed E-state index contributed by atoms with van der Waals surface area (Å²) in [5, 5.41) is 5.64. The molecule has 0 aromatic heterocycles. The molecule has 2 unspecified atom stereocenters. The summed E-state index contributed by atoms with van der Waals surface area (Å²) >= 11 is 4.33. The van der Waals surface area contributed by atoms with Crippen LogP contribution in [-0.4, -0.2) is 52.3 Å². The Morgan fingerprint density at radius 2 is 1.65 bits per heavy atom. The Kier molecular flexibility index (Phi) is 11.4. The lowest BCUT2D eigenvalue weighted by molar-refractivity contribution is -0.148. The molecule has 0 spiro atoms. The summed E-state index contributed by atoms with van der Waals surface area (Å²) in [5.41, 5.74) is 0.386. The fourth-order valence-corrected chi connectivity index (χ4v) is 3.65. The van der Waals surface area contributed by atoms with Crippen LogP contribution in [0.3, 0.4) is 0 Å². The van der Waals surface area contributed by atoms with Crippen LogP contribution in [0.4, 0.5) is 4.79 Å². The van der Waals surface area contributed by atoms with Gasteiger partial charge in [0, 0.05) is 17.8 Å². The second kappa shape index (κ2) is 13.0. The number of amides is 3. The van der Waals surface area contributed by atoms with Gasteiger partial charge in [-0.3, -0.25) is 9.59 Å². The maximum Gasteiger partial charge on any atom is 0.408 e. The van der Waals surface area contributed by atoms with Gasteiger partial charge in [0.05, 0.1) is 0 Å². The van der Waals surface area contributed by atoms with E-state index in [2.05, 4.69) is 30.2 Å². The highest BCUT2D eigenvalue weighted by atomic mass is 32.1. The van der Waals surface area contributed by atoms with E-state index in [0.717, 1.165) is 18.4 Å². The number of alkyl carbamates (subject to hydrolysis) is 1. The van der Waals surface area contributed by atoms with E-state index in [1.807, 2.05) is 52.0 Å². The number of ether oxygens (including phenoxy) is 1. The molecule has 0 aliphatic heterocycles. The molecule has 0 bridgehead atoms. The van der Waals surface area contributed by atoms with Crippen LogP contribution in [0, 0.1) is 6.92 Å². The normalized spacial score (nSPS) is 13.6. The summed E-state index contributed by atoms with van der Waals surface area (Å²) in [5.74, 6) is -0.571. The molecule has 0 saturated carbocycles. The van der Waals surface area contributed by atoms with Crippen molar-refractivity contribution in [2.75, 3.05) is 12.3 Å². The number of unbranched alkanes of at least 4 members (excludes halogenated alkanes) is 1. The number of carbonyl (C=O) groups excluding carboxylic acids is 3. The van der Waals surface area contributed by atoms with Crippen molar-refractivity contribution >= 4 is 30.5 Å². The molecular formula is C26H43N3O4S.